The van der Waals surface area contributed by atoms with Crippen molar-refractivity contribution in [2.24, 2.45) is 0 Å². The zero-order chi connectivity index (χ0) is 13.1. The van der Waals surface area contributed by atoms with Crippen molar-refractivity contribution >= 4 is 16.3 Å². The minimum absolute atomic E-state index is 0.0427. The Morgan fingerprint density at radius 1 is 1.56 bits per heavy atom. The van der Waals surface area contributed by atoms with E-state index in [0.717, 1.165) is 16.3 Å². The molecule has 0 bridgehead atoms. The zero-order valence-electron chi connectivity index (χ0n) is 10.9. The van der Waals surface area contributed by atoms with Crippen molar-refractivity contribution < 1.29 is 9.84 Å². The number of hydrogen-bond acceptors (Lipinski definition) is 5. The first kappa shape index (κ1) is 13.5. The van der Waals surface area contributed by atoms with E-state index in [4.69, 9.17) is 4.74 Å². The second kappa shape index (κ2) is 5.79. The SMILES string of the molecule is COCC(CO)NCc1c(C)nc2scc(C)n12. The Morgan fingerprint density at radius 3 is 3.00 bits per heavy atom. The van der Waals surface area contributed by atoms with Gasteiger partial charge in [0.2, 0.25) is 0 Å². The number of aliphatic hydroxyl groups is 1. The molecule has 0 aromatic carbocycles. The fraction of sp³-hybridized carbons (Fsp3) is 0.583. The molecule has 0 aliphatic carbocycles. The van der Waals surface area contributed by atoms with Crippen LogP contribution in [0, 0.1) is 13.8 Å². The molecule has 0 amide bonds. The van der Waals surface area contributed by atoms with Gasteiger partial charge in [0.05, 0.1) is 30.6 Å². The van der Waals surface area contributed by atoms with E-state index >= 15 is 0 Å². The number of nitrogens with zero attached hydrogens (tertiary/aromatic N) is 2. The van der Waals surface area contributed by atoms with Crippen molar-refractivity contribution in [2.45, 2.75) is 26.4 Å². The first-order valence-electron chi connectivity index (χ1n) is 5.92. The monoisotopic (exact) mass is 269 g/mol. The average molecular weight is 269 g/mol. The summed E-state index contributed by atoms with van der Waals surface area (Å²) in [6.07, 6.45) is 0. The lowest BCUT2D eigenvalue weighted by Gasteiger charge is -2.15. The minimum atomic E-state index is -0.0427. The molecule has 0 radical (unpaired) electrons. The van der Waals surface area contributed by atoms with Crippen molar-refractivity contribution in [3.05, 3.63) is 22.5 Å². The third kappa shape index (κ3) is 2.56. The van der Waals surface area contributed by atoms with Crippen molar-refractivity contribution in [1.29, 1.82) is 0 Å². The molecule has 0 saturated heterocycles. The molecule has 18 heavy (non-hydrogen) atoms. The average Bonchev–Trinajstić information content (AvgIpc) is 2.85. The number of aliphatic hydroxyl groups excluding tert-OH is 1. The van der Waals surface area contributed by atoms with Gasteiger partial charge in [0, 0.05) is 24.7 Å². The van der Waals surface area contributed by atoms with E-state index in [1.54, 1.807) is 18.4 Å². The smallest absolute Gasteiger partial charge is 0.194 e. The van der Waals surface area contributed by atoms with Gasteiger partial charge in [0.25, 0.3) is 0 Å². The van der Waals surface area contributed by atoms with Crippen LogP contribution in [0.15, 0.2) is 5.38 Å². The predicted molar refractivity (Wildman–Crippen MR) is 72.1 cm³/mol. The van der Waals surface area contributed by atoms with E-state index in [0.29, 0.717) is 13.2 Å². The van der Waals surface area contributed by atoms with Gasteiger partial charge in [-0.25, -0.2) is 4.98 Å². The number of imidazole rings is 1. The van der Waals surface area contributed by atoms with Crippen molar-refractivity contribution in [2.75, 3.05) is 20.3 Å². The normalized spacial score (nSPS) is 13.3. The van der Waals surface area contributed by atoms with E-state index in [1.165, 1.54) is 5.69 Å². The molecule has 2 N–H and O–H groups in total. The van der Waals surface area contributed by atoms with Gasteiger partial charge in [-0.15, -0.1) is 11.3 Å². The maximum Gasteiger partial charge on any atom is 0.194 e. The lowest BCUT2D eigenvalue weighted by Crippen LogP contribution is -2.36. The lowest BCUT2D eigenvalue weighted by molar-refractivity contribution is 0.128. The summed E-state index contributed by atoms with van der Waals surface area (Å²) in [5.74, 6) is 0. The van der Waals surface area contributed by atoms with E-state index in [1.807, 2.05) is 6.92 Å². The second-order valence-electron chi connectivity index (χ2n) is 4.35. The highest BCUT2D eigenvalue weighted by atomic mass is 32.1. The molecule has 2 rings (SSSR count). The molecule has 5 nitrogen and oxygen atoms in total. The summed E-state index contributed by atoms with van der Waals surface area (Å²) in [5.41, 5.74) is 3.38. The predicted octanol–water partition coefficient (Wildman–Crippen LogP) is 1.11. The maximum absolute atomic E-state index is 9.22. The van der Waals surface area contributed by atoms with Gasteiger partial charge < -0.3 is 15.2 Å². The quantitative estimate of drug-likeness (QED) is 0.825. The van der Waals surface area contributed by atoms with Gasteiger partial charge in [-0.2, -0.15) is 0 Å². The molecule has 1 unspecified atom stereocenters. The Balaban J connectivity index is 2.15. The van der Waals surface area contributed by atoms with Crippen LogP contribution in [0.4, 0.5) is 0 Å². The third-order valence-corrected chi connectivity index (χ3v) is 3.92. The second-order valence-corrected chi connectivity index (χ2v) is 5.19. The molecule has 0 fully saturated rings. The lowest BCUT2D eigenvalue weighted by atomic mass is 10.3. The number of aryl methyl sites for hydroxylation is 2. The number of thiazole rings is 1. The number of nitrogens with one attached hydrogen (secondary N) is 1. The van der Waals surface area contributed by atoms with Crippen LogP contribution in [-0.4, -0.2) is 40.9 Å². The Kier molecular flexibility index (Phi) is 4.34. The molecule has 2 heterocycles. The highest BCUT2D eigenvalue weighted by Crippen LogP contribution is 2.20. The van der Waals surface area contributed by atoms with Crippen LogP contribution in [0.1, 0.15) is 17.1 Å². The number of aromatic nitrogens is 2. The maximum atomic E-state index is 9.22. The van der Waals surface area contributed by atoms with Crippen LogP contribution in [0.3, 0.4) is 0 Å². The van der Waals surface area contributed by atoms with Gasteiger partial charge in [0.1, 0.15) is 0 Å². The van der Waals surface area contributed by atoms with E-state index in [-0.39, 0.29) is 12.6 Å². The first-order valence-corrected chi connectivity index (χ1v) is 6.80. The van der Waals surface area contributed by atoms with Gasteiger partial charge in [-0.1, -0.05) is 0 Å². The summed E-state index contributed by atoms with van der Waals surface area (Å²) in [6, 6.07) is -0.0427. The molecule has 0 aliphatic rings. The number of methoxy groups -OCH3 is 1. The third-order valence-electron chi connectivity index (χ3n) is 2.98. The summed E-state index contributed by atoms with van der Waals surface area (Å²) >= 11 is 1.65. The summed E-state index contributed by atoms with van der Waals surface area (Å²) < 4.78 is 7.21. The Bertz CT molecular complexity index is 521. The van der Waals surface area contributed by atoms with Gasteiger partial charge >= 0.3 is 0 Å². The van der Waals surface area contributed by atoms with E-state index in [9.17, 15) is 5.11 Å². The fourth-order valence-electron chi connectivity index (χ4n) is 1.99. The summed E-state index contributed by atoms with van der Waals surface area (Å²) in [4.78, 5) is 5.55. The molecule has 6 heteroatoms. The highest BCUT2D eigenvalue weighted by Gasteiger charge is 2.13. The number of ether oxygens (including phenoxy) is 1. The topological polar surface area (TPSA) is 58.8 Å². The molecule has 100 valence electrons. The Morgan fingerprint density at radius 2 is 2.33 bits per heavy atom. The van der Waals surface area contributed by atoms with Crippen molar-refractivity contribution in [3.63, 3.8) is 0 Å². The van der Waals surface area contributed by atoms with Crippen LogP contribution in [-0.2, 0) is 11.3 Å². The van der Waals surface area contributed by atoms with Crippen LogP contribution in [0.5, 0.6) is 0 Å². The van der Waals surface area contributed by atoms with Crippen LogP contribution >= 0.6 is 11.3 Å². The molecule has 0 aliphatic heterocycles. The number of hydrogen-bond donors (Lipinski definition) is 2. The van der Waals surface area contributed by atoms with Crippen molar-refractivity contribution in [3.8, 4) is 0 Å². The molecule has 0 spiro atoms. The largest absolute Gasteiger partial charge is 0.395 e. The zero-order valence-corrected chi connectivity index (χ0v) is 11.8. The van der Waals surface area contributed by atoms with Crippen LogP contribution in [0.25, 0.3) is 4.96 Å². The summed E-state index contributed by atoms with van der Waals surface area (Å²) in [5, 5.41) is 14.6. The van der Waals surface area contributed by atoms with Gasteiger partial charge in [-0.3, -0.25) is 4.40 Å². The van der Waals surface area contributed by atoms with Crippen molar-refractivity contribution in [1.82, 2.24) is 14.7 Å². The molecule has 2 aromatic rings. The summed E-state index contributed by atoms with van der Waals surface area (Å²) in [7, 11) is 1.63. The fourth-order valence-corrected chi connectivity index (χ4v) is 2.92. The number of fused-ring (bicyclic) bond motifs is 1. The molecular weight excluding hydrogens is 250 g/mol. The van der Waals surface area contributed by atoms with E-state index in [2.05, 4.69) is 27.0 Å². The molecule has 2 aromatic heterocycles. The Labute approximate surface area is 110 Å². The summed E-state index contributed by atoms with van der Waals surface area (Å²) in [6.45, 7) is 5.34. The molecular formula is C12H19N3O2S. The first-order chi connectivity index (χ1) is 8.67. The minimum Gasteiger partial charge on any atom is -0.395 e. The van der Waals surface area contributed by atoms with Crippen LogP contribution < -0.4 is 5.32 Å². The Hall–Kier alpha value is -0.950. The molecule has 1 atom stereocenters. The van der Waals surface area contributed by atoms with Crippen LogP contribution in [0.2, 0.25) is 0 Å². The number of rotatable bonds is 6. The standard InChI is InChI=1S/C12H19N3O2S/c1-8-7-18-12-14-9(2)11(15(8)12)4-13-10(5-16)6-17-3/h7,10,13,16H,4-6H2,1-3H3. The van der Waals surface area contributed by atoms with Gasteiger partial charge in [0.15, 0.2) is 4.96 Å². The van der Waals surface area contributed by atoms with Gasteiger partial charge in [-0.05, 0) is 13.8 Å². The highest BCUT2D eigenvalue weighted by molar-refractivity contribution is 7.15. The van der Waals surface area contributed by atoms with E-state index < -0.39 is 0 Å². The molecule has 0 saturated carbocycles.